The molecule has 0 saturated heterocycles. The number of amides is 1. The van der Waals surface area contributed by atoms with Crippen molar-refractivity contribution in [2.75, 3.05) is 17.7 Å². The summed E-state index contributed by atoms with van der Waals surface area (Å²) in [6.45, 7) is 1.81. The number of nitrogens with two attached hydrogens (primary N) is 1. The summed E-state index contributed by atoms with van der Waals surface area (Å²) in [5.41, 5.74) is 5.97. The van der Waals surface area contributed by atoms with E-state index < -0.39 is 22.5 Å². The molecule has 2 unspecified atom stereocenters. The standard InChI is InChI=1S/C12H17FN2O2S/c1-8(5-6-18(2)17)15-12(16)10-7-9(13)3-4-11(10)14/h3-4,7-8H,5-6,14H2,1-2H3,(H,15,16). The Morgan fingerprint density at radius 2 is 2.22 bits per heavy atom. The average Bonchev–Trinajstić information content (AvgIpc) is 2.29. The molecule has 0 heterocycles. The molecule has 0 fully saturated rings. The van der Waals surface area contributed by atoms with Crippen LogP contribution in [0.15, 0.2) is 18.2 Å². The third kappa shape index (κ3) is 4.44. The van der Waals surface area contributed by atoms with Gasteiger partial charge in [0.2, 0.25) is 0 Å². The van der Waals surface area contributed by atoms with E-state index in [2.05, 4.69) is 5.32 Å². The lowest BCUT2D eigenvalue weighted by molar-refractivity contribution is 0.0940. The van der Waals surface area contributed by atoms with E-state index in [9.17, 15) is 13.4 Å². The molecule has 18 heavy (non-hydrogen) atoms. The Morgan fingerprint density at radius 3 is 2.83 bits per heavy atom. The van der Waals surface area contributed by atoms with Gasteiger partial charge in [0.25, 0.3) is 5.91 Å². The smallest absolute Gasteiger partial charge is 0.253 e. The fraction of sp³-hybridized carbons (Fsp3) is 0.417. The molecule has 0 aliphatic rings. The first-order chi connectivity index (χ1) is 8.40. The SMILES string of the molecule is CC(CCS(C)=O)NC(=O)c1cc(F)ccc1N. The number of hydrogen-bond donors (Lipinski definition) is 2. The van der Waals surface area contributed by atoms with E-state index in [0.717, 1.165) is 6.07 Å². The van der Waals surface area contributed by atoms with Gasteiger partial charge in [-0.05, 0) is 31.5 Å². The highest BCUT2D eigenvalue weighted by Crippen LogP contribution is 2.13. The minimum absolute atomic E-state index is 0.125. The summed E-state index contributed by atoms with van der Waals surface area (Å²) in [5.74, 6) is -0.405. The average molecular weight is 272 g/mol. The zero-order valence-corrected chi connectivity index (χ0v) is 11.2. The molecule has 0 aliphatic heterocycles. The van der Waals surface area contributed by atoms with Gasteiger partial charge in [-0.1, -0.05) is 0 Å². The number of nitrogens with one attached hydrogen (secondary N) is 1. The van der Waals surface area contributed by atoms with Crippen molar-refractivity contribution in [3.8, 4) is 0 Å². The highest BCUT2D eigenvalue weighted by Gasteiger charge is 2.13. The second kappa shape index (κ2) is 6.49. The molecule has 4 nitrogen and oxygen atoms in total. The summed E-state index contributed by atoms with van der Waals surface area (Å²) in [5, 5.41) is 2.70. The topological polar surface area (TPSA) is 72.2 Å². The Balaban J connectivity index is 2.64. The van der Waals surface area contributed by atoms with Crippen molar-refractivity contribution >= 4 is 22.4 Å². The van der Waals surface area contributed by atoms with E-state index >= 15 is 0 Å². The molecule has 0 radical (unpaired) electrons. The van der Waals surface area contributed by atoms with Crippen molar-refractivity contribution in [3.05, 3.63) is 29.6 Å². The van der Waals surface area contributed by atoms with Crippen LogP contribution in [0.2, 0.25) is 0 Å². The van der Waals surface area contributed by atoms with E-state index in [0.29, 0.717) is 12.2 Å². The lowest BCUT2D eigenvalue weighted by Crippen LogP contribution is -2.34. The number of rotatable bonds is 5. The van der Waals surface area contributed by atoms with Crippen LogP contribution in [-0.4, -0.2) is 28.2 Å². The maximum atomic E-state index is 13.0. The molecule has 0 saturated carbocycles. The van der Waals surface area contributed by atoms with Gasteiger partial charge < -0.3 is 11.1 Å². The van der Waals surface area contributed by atoms with Crippen LogP contribution in [0, 0.1) is 5.82 Å². The number of carbonyl (C=O) groups is 1. The number of hydrogen-bond acceptors (Lipinski definition) is 3. The van der Waals surface area contributed by atoms with Crippen LogP contribution in [-0.2, 0) is 10.8 Å². The monoisotopic (exact) mass is 272 g/mol. The van der Waals surface area contributed by atoms with Crippen LogP contribution in [0.25, 0.3) is 0 Å². The second-order valence-corrected chi connectivity index (χ2v) is 5.73. The molecule has 1 rings (SSSR count). The van der Waals surface area contributed by atoms with E-state index in [-0.39, 0.29) is 17.3 Å². The lowest BCUT2D eigenvalue weighted by Gasteiger charge is -2.14. The number of carbonyl (C=O) groups excluding carboxylic acids is 1. The third-order valence-electron chi connectivity index (χ3n) is 2.48. The molecule has 0 aliphatic carbocycles. The summed E-state index contributed by atoms with van der Waals surface area (Å²) in [6, 6.07) is 3.53. The van der Waals surface area contributed by atoms with Gasteiger partial charge in [0.05, 0.1) is 5.56 Å². The quantitative estimate of drug-likeness (QED) is 0.793. The van der Waals surface area contributed by atoms with Crippen LogP contribution in [0.1, 0.15) is 23.7 Å². The van der Waals surface area contributed by atoms with Crippen molar-refractivity contribution in [2.45, 2.75) is 19.4 Å². The number of halogens is 1. The zero-order chi connectivity index (χ0) is 13.7. The van der Waals surface area contributed by atoms with Gasteiger partial charge in [0.1, 0.15) is 5.82 Å². The van der Waals surface area contributed by atoms with E-state index in [4.69, 9.17) is 5.73 Å². The number of anilines is 1. The van der Waals surface area contributed by atoms with E-state index in [1.165, 1.54) is 12.1 Å². The summed E-state index contributed by atoms with van der Waals surface area (Å²) in [6.07, 6.45) is 2.21. The lowest BCUT2D eigenvalue weighted by atomic mass is 10.1. The molecule has 6 heteroatoms. The highest BCUT2D eigenvalue weighted by molar-refractivity contribution is 7.84. The minimum atomic E-state index is -0.890. The molecule has 1 amide bonds. The zero-order valence-electron chi connectivity index (χ0n) is 10.4. The van der Waals surface area contributed by atoms with Crippen molar-refractivity contribution in [1.29, 1.82) is 0 Å². The van der Waals surface area contributed by atoms with Gasteiger partial charge in [-0.25, -0.2) is 4.39 Å². The Bertz CT molecular complexity index is 465. The summed E-state index contributed by atoms with van der Waals surface area (Å²) < 4.78 is 24.0. The van der Waals surface area contributed by atoms with E-state index in [1.54, 1.807) is 13.2 Å². The Morgan fingerprint density at radius 1 is 1.56 bits per heavy atom. The molecular formula is C12H17FN2O2S. The fourth-order valence-corrected chi connectivity index (χ4v) is 2.13. The molecule has 0 bridgehead atoms. The van der Waals surface area contributed by atoms with Gasteiger partial charge in [-0.15, -0.1) is 0 Å². The third-order valence-corrected chi connectivity index (χ3v) is 3.29. The molecular weight excluding hydrogens is 255 g/mol. The van der Waals surface area contributed by atoms with Gasteiger partial charge in [-0.3, -0.25) is 9.00 Å². The van der Waals surface area contributed by atoms with Crippen LogP contribution in [0.3, 0.4) is 0 Å². The maximum absolute atomic E-state index is 13.0. The highest BCUT2D eigenvalue weighted by atomic mass is 32.2. The van der Waals surface area contributed by atoms with Crippen molar-refractivity contribution in [1.82, 2.24) is 5.32 Å². The van der Waals surface area contributed by atoms with Crippen LogP contribution in [0.4, 0.5) is 10.1 Å². The maximum Gasteiger partial charge on any atom is 0.253 e. The predicted octanol–water partition coefficient (Wildman–Crippen LogP) is 1.29. The van der Waals surface area contributed by atoms with Gasteiger partial charge in [-0.2, -0.15) is 0 Å². The molecule has 0 spiro atoms. The first kappa shape index (κ1) is 14.6. The molecule has 100 valence electrons. The van der Waals surface area contributed by atoms with Gasteiger partial charge >= 0.3 is 0 Å². The second-order valence-electron chi connectivity index (χ2n) is 4.17. The minimum Gasteiger partial charge on any atom is -0.398 e. The first-order valence-corrected chi connectivity index (χ1v) is 7.28. The van der Waals surface area contributed by atoms with Crippen LogP contribution >= 0.6 is 0 Å². The van der Waals surface area contributed by atoms with Crippen LogP contribution in [0.5, 0.6) is 0 Å². The molecule has 1 aromatic rings. The first-order valence-electron chi connectivity index (χ1n) is 5.56. The van der Waals surface area contributed by atoms with Crippen molar-refractivity contribution in [3.63, 3.8) is 0 Å². The van der Waals surface area contributed by atoms with Gasteiger partial charge in [0, 0.05) is 34.5 Å². The molecule has 2 atom stereocenters. The van der Waals surface area contributed by atoms with Gasteiger partial charge in [0.15, 0.2) is 0 Å². The Kier molecular flexibility index (Phi) is 5.27. The summed E-state index contributed by atoms with van der Waals surface area (Å²) in [4.78, 5) is 11.8. The summed E-state index contributed by atoms with van der Waals surface area (Å²) >= 11 is 0. The Hall–Kier alpha value is -1.43. The fourth-order valence-electron chi connectivity index (χ4n) is 1.44. The normalized spacial score (nSPS) is 13.9. The molecule has 3 N–H and O–H groups in total. The number of nitrogen functional groups attached to an aromatic ring is 1. The number of benzene rings is 1. The van der Waals surface area contributed by atoms with E-state index in [1.807, 2.05) is 0 Å². The summed E-state index contributed by atoms with van der Waals surface area (Å²) in [7, 11) is -0.890. The van der Waals surface area contributed by atoms with Crippen LogP contribution < -0.4 is 11.1 Å². The Labute approximate surface area is 108 Å². The molecule has 1 aromatic carbocycles. The largest absolute Gasteiger partial charge is 0.398 e. The van der Waals surface area contributed by atoms with Crippen molar-refractivity contribution < 1.29 is 13.4 Å². The predicted molar refractivity (Wildman–Crippen MR) is 71.3 cm³/mol. The molecule has 0 aromatic heterocycles. The van der Waals surface area contributed by atoms with Crippen molar-refractivity contribution in [2.24, 2.45) is 0 Å².